The molecular weight excluding hydrogens is 297 g/mol. The Hall–Kier alpha value is -2.24. The molecule has 1 atom stereocenters. The first-order valence-corrected chi connectivity index (χ1v) is 7.37. The number of benzene rings is 2. The maximum absolute atomic E-state index is 13.1. The van der Waals surface area contributed by atoms with E-state index in [1.165, 1.54) is 12.1 Å². The van der Waals surface area contributed by atoms with Gasteiger partial charge >= 0.3 is 0 Å². The monoisotopic (exact) mass is 317 g/mol. The van der Waals surface area contributed by atoms with Crippen LogP contribution in [0.3, 0.4) is 0 Å². The third kappa shape index (κ3) is 5.47. The van der Waals surface area contributed by atoms with Crippen LogP contribution in [0.1, 0.15) is 17.2 Å². The van der Waals surface area contributed by atoms with E-state index in [0.29, 0.717) is 13.2 Å². The molecule has 2 aromatic rings. The molecule has 2 rings (SSSR count). The van der Waals surface area contributed by atoms with Crippen LogP contribution < -0.4 is 5.32 Å². The molecule has 0 heterocycles. The number of carbonyl (C=O) groups is 1. The zero-order chi connectivity index (χ0) is 16.5. The second kappa shape index (κ2) is 9.02. The quantitative estimate of drug-likeness (QED) is 0.762. The van der Waals surface area contributed by atoms with Crippen LogP contribution in [0.2, 0.25) is 0 Å². The molecule has 0 saturated heterocycles. The fourth-order valence-electron chi connectivity index (χ4n) is 2.17. The molecular formula is C18H20FNO3. The Labute approximate surface area is 135 Å². The number of hydrogen-bond acceptors (Lipinski definition) is 3. The minimum Gasteiger partial charge on any atom is -0.382 e. The Morgan fingerprint density at radius 3 is 2.35 bits per heavy atom. The molecule has 0 aliphatic rings. The largest absolute Gasteiger partial charge is 0.382 e. The first kappa shape index (κ1) is 17.1. The van der Waals surface area contributed by atoms with Gasteiger partial charge in [0, 0.05) is 7.11 Å². The van der Waals surface area contributed by atoms with E-state index in [9.17, 15) is 9.18 Å². The number of halogens is 1. The number of ether oxygens (including phenoxy) is 2. The molecule has 0 aliphatic carbocycles. The predicted molar refractivity (Wildman–Crippen MR) is 85.5 cm³/mol. The molecule has 0 spiro atoms. The van der Waals surface area contributed by atoms with Gasteiger partial charge in [0.05, 0.1) is 19.3 Å². The van der Waals surface area contributed by atoms with E-state index in [-0.39, 0.29) is 24.4 Å². The highest BCUT2D eigenvalue weighted by atomic mass is 19.1. The lowest BCUT2D eigenvalue weighted by Crippen LogP contribution is -2.32. The average molecular weight is 317 g/mol. The van der Waals surface area contributed by atoms with Crippen molar-refractivity contribution in [2.24, 2.45) is 0 Å². The van der Waals surface area contributed by atoms with Crippen LogP contribution in [0.5, 0.6) is 0 Å². The summed E-state index contributed by atoms with van der Waals surface area (Å²) in [5.41, 5.74) is 1.73. The summed E-state index contributed by atoms with van der Waals surface area (Å²) in [5, 5.41) is 2.92. The molecule has 0 saturated carbocycles. The van der Waals surface area contributed by atoms with Crippen LogP contribution in [-0.2, 0) is 14.3 Å². The van der Waals surface area contributed by atoms with Gasteiger partial charge in [-0.05, 0) is 23.3 Å². The first-order chi connectivity index (χ1) is 11.2. The number of nitrogens with one attached hydrogen (secondary N) is 1. The van der Waals surface area contributed by atoms with Gasteiger partial charge in [-0.1, -0.05) is 42.5 Å². The van der Waals surface area contributed by atoms with E-state index in [1.807, 2.05) is 30.3 Å². The summed E-state index contributed by atoms with van der Waals surface area (Å²) in [5.74, 6) is -0.547. The number of rotatable bonds is 8. The number of hydrogen-bond donors (Lipinski definition) is 1. The Morgan fingerprint density at radius 2 is 1.70 bits per heavy atom. The average Bonchev–Trinajstić information content (AvgIpc) is 2.58. The minimum atomic E-state index is -0.352. The van der Waals surface area contributed by atoms with Gasteiger partial charge < -0.3 is 14.8 Å². The maximum Gasteiger partial charge on any atom is 0.246 e. The lowest BCUT2D eigenvalue weighted by Gasteiger charge is -2.20. The summed E-state index contributed by atoms with van der Waals surface area (Å²) in [6, 6.07) is 15.3. The molecule has 2 aromatic carbocycles. The molecule has 1 N–H and O–H groups in total. The summed E-state index contributed by atoms with van der Waals surface area (Å²) in [4.78, 5) is 12.1. The topological polar surface area (TPSA) is 47.6 Å². The fraction of sp³-hybridized carbons (Fsp3) is 0.278. The third-order valence-electron chi connectivity index (χ3n) is 3.31. The van der Waals surface area contributed by atoms with Crippen LogP contribution in [0, 0.1) is 5.82 Å². The molecule has 5 heteroatoms. The molecule has 1 amide bonds. The van der Waals surface area contributed by atoms with Crippen molar-refractivity contribution in [1.82, 2.24) is 5.32 Å². The van der Waals surface area contributed by atoms with Crippen LogP contribution >= 0.6 is 0 Å². The Balaban J connectivity index is 2.08. The van der Waals surface area contributed by atoms with E-state index < -0.39 is 0 Å². The van der Waals surface area contributed by atoms with Crippen LogP contribution in [0.15, 0.2) is 54.6 Å². The van der Waals surface area contributed by atoms with Crippen molar-refractivity contribution in [2.45, 2.75) is 6.04 Å². The molecule has 0 radical (unpaired) electrons. The van der Waals surface area contributed by atoms with Gasteiger partial charge in [0.15, 0.2) is 0 Å². The van der Waals surface area contributed by atoms with E-state index in [1.54, 1.807) is 19.2 Å². The first-order valence-electron chi connectivity index (χ1n) is 7.37. The molecule has 0 unspecified atom stereocenters. The second-order valence-corrected chi connectivity index (χ2v) is 5.01. The molecule has 23 heavy (non-hydrogen) atoms. The summed E-state index contributed by atoms with van der Waals surface area (Å²) in [6.07, 6.45) is 0. The normalized spacial score (nSPS) is 11.9. The van der Waals surface area contributed by atoms with Crippen LogP contribution in [-0.4, -0.2) is 32.8 Å². The number of methoxy groups -OCH3 is 1. The van der Waals surface area contributed by atoms with Gasteiger partial charge in [-0.2, -0.15) is 0 Å². The fourth-order valence-corrected chi connectivity index (χ4v) is 2.17. The SMILES string of the molecule is COCCOCC(=O)N[C@H](c1ccccc1)c1ccc(F)cc1. The zero-order valence-corrected chi connectivity index (χ0v) is 13.0. The van der Waals surface area contributed by atoms with Crippen LogP contribution in [0.25, 0.3) is 0 Å². The van der Waals surface area contributed by atoms with Crippen molar-refractivity contribution in [3.05, 3.63) is 71.5 Å². The highest BCUT2D eigenvalue weighted by molar-refractivity contribution is 5.78. The van der Waals surface area contributed by atoms with Crippen molar-refractivity contribution in [2.75, 3.05) is 26.9 Å². The predicted octanol–water partition coefficient (Wildman–Crippen LogP) is 2.69. The van der Waals surface area contributed by atoms with Crippen molar-refractivity contribution in [3.8, 4) is 0 Å². The summed E-state index contributed by atoms with van der Waals surface area (Å²) in [7, 11) is 1.57. The molecule has 0 aromatic heterocycles. The lowest BCUT2D eigenvalue weighted by molar-refractivity contribution is -0.126. The molecule has 0 fully saturated rings. The van der Waals surface area contributed by atoms with Crippen molar-refractivity contribution in [3.63, 3.8) is 0 Å². The summed E-state index contributed by atoms with van der Waals surface area (Å²) in [6.45, 7) is 0.748. The van der Waals surface area contributed by atoms with E-state index in [4.69, 9.17) is 9.47 Å². The van der Waals surface area contributed by atoms with E-state index in [2.05, 4.69) is 5.32 Å². The van der Waals surface area contributed by atoms with Gasteiger partial charge in [0.1, 0.15) is 12.4 Å². The molecule has 4 nitrogen and oxygen atoms in total. The second-order valence-electron chi connectivity index (χ2n) is 5.01. The molecule has 122 valence electrons. The minimum absolute atomic E-state index is 0.0477. The summed E-state index contributed by atoms with van der Waals surface area (Å²) >= 11 is 0. The van der Waals surface area contributed by atoms with Gasteiger partial charge in [-0.25, -0.2) is 4.39 Å². The lowest BCUT2D eigenvalue weighted by atomic mass is 9.98. The number of carbonyl (C=O) groups excluding carboxylic acids is 1. The van der Waals surface area contributed by atoms with Gasteiger partial charge in [-0.15, -0.1) is 0 Å². The molecule has 0 bridgehead atoms. The Morgan fingerprint density at radius 1 is 1.04 bits per heavy atom. The van der Waals surface area contributed by atoms with Gasteiger partial charge in [-0.3, -0.25) is 4.79 Å². The summed E-state index contributed by atoms with van der Waals surface area (Å²) < 4.78 is 23.2. The highest BCUT2D eigenvalue weighted by Crippen LogP contribution is 2.22. The van der Waals surface area contributed by atoms with Gasteiger partial charge in [0.25, 0.3) is 0 Å². The van der Waals surface area contributed by atoms with Crippen molar-refractivity contribution < 1.29 is 18.7 Å². The standard InChI is InChI=1S/C18H20FNO3/c1-22-11-12-23-13-17(21)20-18(14-5-3-2-4-6-14)15-7-9-16(19)10-8-15/h2-10,18H,11-13H2,1H3,(H,20,21)/t18-/m1/s1. The Bertz CT molecular complexity index is 601. The number of amides is 1. The van der Waals surface area contributed by atoms with Crippen molar-refractivity contribution >= 4 is 5.91 Å². The van der Waals surface area contributed by atoms with Crippen LogP contribution in [0.4, 0.5) is 4.39 Å². The molecule has 0 aliphatic heterocycles. The van der Waals surface area contributed by atoms with Crippen molar-refractivity contribution in [1.29, 1.82) is 0 Å². The Kier molecular flexibility index (Phi) is 6.72. The maximum atomic E-state index is 13.1. The van der Waals surface area contributed by atoms with E-state index >= 15 is 0 Å². The highest BCUT2D eigenvalue weighted by Gasteiger charge is 2.16. The van der Waals surface area contributed by atoms with E-state index in [0.717, 1.165) is 11.1 Å². The zero-order valence-electron chi connectivity index (χ0n) is 13.0. The van der Waals surface area contributed by atoms with Gasteiger partial charge in [0.2, 0.25) is 5.91 Å². The smallest absolute Gasteiger partial charge is 0.246 e. The third-order valence-corrected chi connectivity index (χ3v) is 3.31.